The van der Waals surface area contributed by atoms with E-state index < -0.39 is 16.6 Å². The molecule has 0 radical (unpaired) electrons. The first kappa shape index (κ1) is 14.7. The number of nitro groups is 1. The predicted octanol–water partition coefficient (Wildman–Crippen LogP) is 2.62. The molecule has 9 heteroatoms. The van der Waals surface area contributed by atoms with Crippen molar-refractivity contribution in [3.8, 4) is 0 Å². The van der Waals surface area contributed by atoms with E-state index in [1.807, 2.05) is 0 Å². The van der Waals surface area contributed by atoms with Crippen LogP contribution in [0.2, 0.25) is 5.02 Å². The molecular weight excluding hydrogens is 303 g/mol. The second-order valence-corrected chi connectivity index (χ2v) is 4.43. The highest BCUT2D eigenvalue weighted by molar-refractivity contribution is 6.31. The van der Waals surface area contributed by atoms with Crippen molar-refractivity contribution in [2.45, 2.75) is 0 Å². The molecule has 0 aliphatic heterocycles. The summed E-state index contributed by atoms with van der Waals surface area (Å²) in [6.07, 6.45) is 0.936. The van der Waals surface area contributed by atoms with E-state index in [9.17, 15) is 19.3 Å². The average molecular weight is 311 g/mol. The molecule has 21 heavy (non-hydrogen) atoms. The zero-order valence-corrected chi connectivity index (χ0v) is 11.1. The Morgan fingerprint density at radius 3 is 2.71 bits per heavy atom. The van der Waals surface area contributed by atoms with Crippen molar-refractivity contribution in [3.05, 3.63) is 57.0 Å². The fourth-order valence-corrected chi connectivity index (χ4v) is 1.79. The van der Waals surface area contributed by atoms with Gasteiger partial charge in [0, 0.05) is 16.8 Å². The van der Waals surface area contributed by atoms with Crippen molar-refractivity contribution in [3.63, 3.8) is 0 Å². The minimum absolute atomic E-state index is 0.0930. The number of anilines is 2. The molecule has 0 aliphatic rings. The van der Waals surface area contributed by atoms with Crippen LogP contribution >= 0.6 is 11.6 Å². The molecule has 2 rings (SSSR count). The molecule has 0 saturated carbocycles. The van der Waals surface area contributed by atoms with Gasteiger partial charge in [-0.3, -0.25) is 14.9 Å². The third kappa shape index (κ3) is 3.42. The maximum absolute atomic E-state index is 13.2. The Kier molecular flexibility index (Phi) is 3.99. The molecule has 1 amide bonds. The number of amides is 1. The molecule has 1 heterocycles. The van der Waals surface area contributed by atoms with E-state index >= 15 is 0 Å². The van der Waals surface area contributed by atoms with Crippen molar-refractivity contribution in [2.24, 2.45) is 0 Å². The highest BCUT2D eigenvalue weighted by atomic mass is 35.5. The monoisotopic (exact) mass is 310 g/mol. The Morgan fingerprint density at radius 1 is 1.38 bits per heavy atom. The van der Waals surface area contributed by atoms with Crippen molar-refractivity contribution >= 4 is 34.7 Å². The van der Waals surface area contributed by atoms with Gasteiger partial charge in [0.1, 0.15) is 17.8 Å². The number of aromatic nitrogens is 1. The molecular formula is C12H8ClFN4O3. The van der Waals surface area contributed by atoms with Crippen molar-refractivity contribution in [2.75, 3.05) is 11.1 Å². The SMILES string of the molecule is Nc1ncc([N+](=O)[O-])cc1C(=O)Nc1cc(F)cc(Cl)c1. The fraction of sp³-hybridized carbons (Fsp3) is 0. The van der Waals surface area contributed by atoms with Crippen LogP contribution in [0.15, 0.2) is 30.5 Å². The van der Waals surface area contributed by atoms with Gasteiger partial charge in [0.2, 0.25) is 0 Å². The molecule has 0 saturated heterocycles. The van der Waals surface area contributed by atoms with Crippen LogP contribution < -0.4 is 11.1 Å². The number of pyridine rings is 1. The molecule has 0 aliphatic carbocycles. The lowest BCUT2D eigenvalue weighted by molar-refractivity contribution is -0.385. The molecule has 3 N–H and O–H groups in total. The first-order valence-corrected chi connectivity index (χ1v) is 5.92. The van der Waals surface area contributed by atoms with E-state index in [0.29, 0.717) is 0 Å². The van der Waals surface area contributed by atoms with E-state index in [2.05, 4.69) is 10.3 Å². The van der Waals surface area contributed by atoms with Crippen LogP contribution in [0, 0.1) is 15.9 Å². The van der Waals surface area contributed by atoms with Crippen molar-refractivity contribution < 1.29 is 14.1 Å². The van der Waals surface area contributed by atoms with E-state index in [4.69, 9.17) is 17.3 Å². The number of benzene rings is 1. The number of rotatable bonds is 3. The first-order chi connectivity index (χ1) is 9.86. The standard InChI is InChI=1S/C12H8ClFN4O3/c13-6-1-7(14)3-8(2-6)17-12(19)10-4-9(18(20)21)5-16-11(10)15/h1-5H,(H2,15,16)(H,17,19). The minimum Gasteiger partial charge on any atom is -0.383 e. The summed E-state index contributed by atoms with van der Waals surface area (Å²) < 4.78 is 13.2. The average Bonchev–Trinajstić information content (AvgIpc) is 2.37. The van der Waals surface area contributed by atoms with Crippen LogP contribution in [-0.2, 0) is 0 Å². The third-order valence-corrected chi connectivity index (χ3v) is 2.70. The summed E-state index contributed by atoms with van der Waals surface area (Å²) in [4.78, 5) is 25.5. The predicted molar refractivity (Wildman–Crippen MR) is 74.7 cm³/mol. The van der Waals surface area contributed by atoms with Gasteiger partial charge in [0.15, 0.2) is 0 Å². The number of nitrogens with one attached hydrogen (secondary N) is 1. The van der Waals surface area contributed by atoms with Gasteiger partial charge in [-0.25, -0.2) is 9.37 Å². The minimum atomic E-state index is -0.759. The number of nitrogen functional groups attached to an aromatic ring is 1. The van der Waals surface area contributed by atoms with Crippen LogP contribution in [0.4, 0.5) is 21.6 Å². The number of hydrogen-bond acceptors (Lipinski definition) is 5. The zero-order chi connectivity index (χ0) is 15.6. The summed E-state index contributed by atoms with van der Waals surface area (Å²) >= 11 is 5.66. The lowest BCUT2D eigenvalue weighted by atomic mass is 10.2. The van der Waals surface area contributed by atoms with Gasteiger partial charge in [-0.1, -0.05) is 11.6 Å². The van der Waals surface area contributed by atoms with Gasteiger partial charge in [-0.15, -0.1) is 0 Å². The number of nitrogens with two attached hydrogens (primary N) is 1. The maximum atomic E-state index is 13.2. The van der Waals surface area contributed by atoms with Crippen LogP contribution in [0.1, 0.15) is 10.4 Å². The van der Waals surface area contributed by atoms with Crippen LogP contribution in [0.3, 0.4) is 0 Å². The fourth-order valence-electron chi connectivity index (χ4n) is 1.57. The van der Waals surface area contributed by atoms with Gasteiger partial charge < -0.3 is 11.1 Å². The van der Waals surface area contributed by atoms with Gasteiger partial charge in [-0.05, 0) is 18.2 Å². The Labute approximate surface area is 122 Å². The van der Waals surface area contributed by atoms with Crippen LogP contribution in [-0.4, -0.2) is 15.8 Å². The molecule has 0 atom stereocenters. The van der Waals surface area contributed by atoms with Gasteiger partial charge in [0.25, 0.3) is 11.6 Å². The number of carbonyl (C=O) groups excluding carboxylic acids is 1. The number of nitrogens with zero attached hydrogens (tertiary/aromatic N) is 2. The second kappa shape index (κ2) is 5.71. The number of carbonyl (C=O) groups is 1. The summed E-state index contributed by atoms with van der Waals surface area (Å²) in [6.45, 7) is 0. The Hall–Kier alpha value is -2.74. The van der Waals surface area contributed by atoms with Gasteiger partial charge >= 0.3 is 0 Å². The molecule has 1 aromatic carbocycles. The summed E-state index contributed by atoms with van der Waals surface area (Å²) in [5, 5.41) is 13.1. The first-order valence-electron chi connectivity index (χ1n) is 5.54. The molecule has 1 aromatic heterocycles. The normalized spacial score (nSPS) is 10.2. The van der Waals surface area contributed by atoms with Crippen molar-refractivity contribution in [1.82, 2.24) is 4.98 Å². The summed E-state index contributed by atoms with van der Waals surface area (Å²) in [6, 6.07) is 4.42. The van der Waals surface area contributed by atoms with E-state index in [1.165, 1.54) is 6.07 Å². The summed E-state index contributed by atoms with van der Waals surface area (Å²) in [5.74, 6) is -1.58. The molecule has 0 fully saturated rings. The zero-order valence-electron chi connectivity index (χ0n) is 10.3. The Balaban J connectivity index is 2.31. The van der Waals surface area contributed by atoms with Gasteiger partial charge in [0.05, 0.1) is 10.5 Å². The summed E-state index contributed by atoms with van der Waals surface area (Å²) in [7, 11) is 0. The number of halogens is 2. The Bertz CT molecular complexity index is 718. The molecule has 2 aromatic rings. The van der Waals surface area contributed by atoms with Crippen LogP contribution in [0.25, 0.3) is 0 Å². The van der Waals surface area contributed by atoms with E-state index in [-0.39, 0.29) is 27.8 Å². The molecule has 108 valence electrons. The van der Waals surface area contributed by atoms with Crippen LogP contribution in [0.5, 0.6) is 0 Å². The summed E-state index contributed by atoms with van der Waals surface area (Å²) in [5.41, 5.74) is 5.03. The lowest BCUT2D eigenvalue weighted by Crippen LogP contribution is -2.15. The third-order valence-electron chi connectivity index (χ3n) is 2.48. The highest BCUT2D eigenvalue weighted by Gasteiger charge is 2.17. The molecule has 0 unspecified atom stereocenters. The number of hydrogen-bond donors (Lipinski definition) is 2. The van der Waals surface area contributed by atoms with E-state index in [1.54, 1.807) is 0 Å². The lowest BCUT2D eigenvalue weighted by Gasteiger charge is -2.07. The molecule has 7 nitrogen and oxygen atoms in total. The highest BCUT2D eigenvalue weighted by Crippen LogP contribution is 2.21. The molecule has 0 spiro atoms. The smallest absolute Gasteiger partial charge is 0.288 e. The Morgan fingerprint density at radius 2 is 2.10 bits per heavy atom. The quantitative estimate of drug-likeness (QED) is 0.668. The van der Waals surface area contributed by atoms with Gasteiger partial charge in [-0.2, -0.15) is 0 Å². The largest absolute Gasteiger partial charge is 0.383 e. The maximum Gasteiger partial charge on any atom is 0.288 e. The van der Waals surface area contributed by atoms with Crippen molar-refractivity contribution in [1.29, 1.82) is 0 Å². The topological polar surface area (TPSA) is 111 Å². The van der Waals surface area contributed by atoms with E-state index in [0.717, 1.165) is 24.4 Å². The second-order valence-electron chi connectivity index (χ2n) is 4.00. The molecule has 0 bridgehead atoms.